The third kappa shape index (κ3) is 3.57. The molecule has 0 saturated heterocycles. The molecule has 7 heteroatoms. The molecule has 0 atom stereocenters. The average molecular weight is 264 g/mol. The molecule has 1 aliphatic rings. The number of hydrogen-bond donors (Lipinski definition) is 2. The van der Waals surface area contributed by atoms with Crippen molar-refractivity contribution in [3.63, 3.8) is 0 Å². The number of ether oxygens (including phenoxy) is 1. The molecule has 0 aromatic heterocycles. The molecule has 2 rings (SSSR count). The average Bonchev–Trinajstić information content (AvgIpc) is 3.19. The quantitative estimate of drug-likeness (QED) is 0.359. The molecule has 1 saturated carbocycles. The third-order valence-corrected chi connectivity index (χ3v) is 2.80. The summed E-state index contributed by atoms with van der Waals surface area (Å²) in [5, 5.41) is 13.9. The Morgan fingerprint density at radius 1 is 1.63 bits per heavy atom. The largest absolute Gasteiger partial charge is 0.490 e. The molecule has 1 aromatic rings. The first kappa shape index (κ1) is 13.1. The van der Waals surface area contributed by atoms with Crippen molar-refractivity contribution in [1.82, 2.24) is 5.32 Å². The maximum Gasteiger partial charge on any atom is 0.311 e. The van der Waals surface area contributed by atoms with Gasteiger partial charge in [0.15, 0.2) is 11.7 Å². The molecule has 0 heterocycles. The summed E-state index contributed by atoms with van der Waals surface area (Å²) in [7, 11) is 1.40. The first-order valence-electron chi connectivity index (χ1n) is 5.98. The lowest BCUT2D eigenvalue weighted by Crippen LogP contribution is -2.33. The Kier molecular flexibility index (Phi) is 3.84. The van der Waals surface area contributed by atoms with E-state index in [2.05, 4.69) is 10.3 Å². The van der Waals surface area contributed by atoms with Gasteiger partial charge in [-0.05, 0) is 24.5 Å². The van der Waals surface area contributed by atoms with Gasteiger partial charge in [-0.3, -0.25) is 10.1 Å². The Labute approximate surface area is 110 Å². The molecule has 7 nitrogen and oxygen atoms in total. The molecule has 19 heavy (non-hydrogen) atoms. The number of nitro groups is 1. The minimum atomic E-state index is -0.474. The van der Waals surface area contributed by atoms with E-state index in [1.807, 2.05) is 0 Å². The van der Waals surface area contributed by atoms with Gasteiger partial charge in [0, 0.05) is 12.1 Å². The molecule has 3 N–H and O–H groups in total. The smallest absolute Gasteiger partial charge is 0.311 e. The van der Waals surface area contributed by atoms with Crippen molar-refractivity contribution in [2.75, 3.05) is 7.11 Å². The second kappa shape index (κ2) is 5.55. The zero-order valence-electron chi connectivity index (χ0n) is 10.6. The van der Waals surface area contributed by atoms with Crippen molar-refractivity contribution in [2.24, 2.45) is 10.7 Å². The van der Waals surface area contributed by atoms with Crippen molar-refractivity contribution in [1.29, 1.82) is 0 Å². The Hall–Kier alpha value is -2.31. The zero-order valence-corrected chi connectivity index (χ0v) is 10.6. The molecular weight excluding hydrogens is 248 g/mol. The summed E-state index contributed by atoms with van der Waals surface area (Å²) in [6.45, 7) is 0.302. The van der Waals surface area contributed by atoms with Crippen LogP contribution in [0.1, 0.15) is 18.4 Å². The molecule has 0 amide bonds. The summed E-state index contributed by atoms with van der Waals surface area (Å²) in [5.74, 6) is 0.614. The first-order chi connectivity index (χ1) is 9.10. The highest BCUT2D eigenvalue weighted by molar-refractivity contribution is 5.78. The van der Waals surface area contributed by atoms with E-state index in [4.69, 9.17) is 10.5 Å². The van der Waals surface area contributed by atoms with Gasteiger partial charge in [-0.25, -0.2) is 4.99 Å². The van der Waals surface area contributed by atoms with E-state index in [1.54, 1.807) is 12.1 Å². The fraction of sp³-hybridized carbons (Fsp3) is 0.417. The fourth-order valence-electron chi connectivity index (χ4n) is 1.64. The van der Waals surface area contributed by atoms with Crippen LogP contribution in [-0.2, 0) is 6.54 Å². The number of rotatable bonds is 5. The van der Waals surface area contributed by atoms with Gasteiger partial charge >= 0.3 is 5.69 Å². The van der Waals surface area contributed by atoms with Crippen LogP contribution in [0.5, 0.6) is 5.75 Å². The van der Waals surface area contributed by atoms with Crippen LogP contribution in [0.3, 0.4) is 0 Å². The monoisotopic (exact) mass is 264 g/mol. The van der Waals surface area contributed by atoms with Crippen molar-refractivity contribution in [3.05, 3.63) is 33.9 Å². The van der Waals surface area contributed by atoms with E-state index in [1.165, 1.54) is 13.2 Å². The number of nitrogens with one attached hydrogen (secondary N) is 1. The number of hydrogen-bond acceptors (Lipinski definition) is 4. The lowest BCUT2D eigenvalue weighted by atomic mass is 10.2. The Morgan fingerprint density at radius 2 is 2.37 bits per heavy atom. The van der Waals surface area contributed by atoms with Crippen LogP contribution >= 0.6 is 0 Å². The van der Waals surface area contributed by atoms with Crippen LogP contribution in [0.25, 0.3) is 0 Å². The highest BCUT2D eigenvalue weighted by Gasteiger charge is 2.21. The normalized spacial score (nSPS) is 15.1. The number of nitrogens with zero attached hydrogens (tertiary/aromatic N) is 2. The van der Waals surface area contributed by atoms with Gasteiger partial charge in [0.1, 0.15) is 0 Å². The number of guanidine groups is 1. The minimum absolute atomic E-state index is 0.0658. The summed E-state index contributed by atoms with van der Waals surface area (Å²) in [6, 6.07) is 5.19. The number of nitrogens with two attached hydrogens (primary N) is 1. The molecule has 1 aliphatic carbocycles. The molecule has 1 aromatic carbocycles. The Bertz CT molecular complexity index is 512. The van der Waals surface area contributed by atoms with Crippen LogP contribution in [0.2, 0.25) is 0 Å². The van der Waals surface area contributed by atoms with Crippen LogP contribution in [0.4, 0.5) is 5.69 Å². The highest BCUT2D eigenvalue weighted by Crippen LogP contribution is 2.27. The van der Waals surface area contributed by atoms with E-state index >= 15 is 0 Å². The van der Waals surface area contributed by atoms with E-state index in [-0.39, 0.29) is 11.4 Å². The SMILES string of the molecule is COc1ccc(CN=C(N)NC2CC2)cc1[N+](=O)[O-]. The van der Waals surface area contributed by atoms with Crippen LogP contribution in [0, 0.1) is 10.1 Å². The first-order valence-corrected chi connectivity index (χ1v) is 5.98. The Balaban J connectivity index is 2.07. The minimum Gasteiger partial charge on any atom is -0.490 e. The van der Waals surface area contributed by atoms with Gasteiger partial charge in [-0.2, -0.15) is 0 Å². The van der Waals surface area contributed by atoms with Crippen LogP contribution < -0.4 is 15.8 Å². The van der Waals surface area contributed by atoms with Crippen molar-refractivity contribution >= 4 is 11.6 Å². The van der Waals surface area contributed by atoms with Gasteiger partial charge in [0.05, 0.1) is 18.6 Å². The molecule has 0 aliphatic heterocycles. The molecule has 102 valence electrons. The second-order valence-corrected chi connectivity index (χ2v) is 4.38. The topological polar surface area (TPSA) is 103 Å². The summed E-state index contributed by atoms with van der Waals surface area (Å²) in [5.41, 5.74) is 6.35. The van der Waals surface area contributed by atoms with Gasteiger partial charge in [-0.15, -0.1) is 0 Å². The van der Waals surface area contributed by atoms with E-state index in [9.17, 15) is 10.1 Å². The maximum absolute atomic E-state index is 10.9. The number of nitro benzene ring substituents is 1. The maximum atomic E-state index is 10.9. The summed E-state index contributed by atoms with van der Waals surface area (Å²) in [4.78, 5) is 14.6. The predicted molar refractivity (Wildman–Crippen MR) is 71.1 cm³/mol. The second-order valence-electron chi connectivity index (χ2n) is 4.38. The van der Waals surface area contributed by atoms with E-state index in [0.717, 1.165) is 12.8 Å². The fourth-order valence-corrected chi connectivity index (χ4v) is 1.64. The van der Waals surface area contributed by atoms with Gasteiger partial charge in [0.2, 0.25) is 0 Å². The molecule has 0 spiro atoms. The van der Waals surface area contributed by atoms with Gasteiger partial charge in [0.25, 0.3) is 0 Å². The number of aliphatic imine (C=N–C) groups is 1. The summed E-state index contributed by atoms with van der Waals surface area (Å²) < 4.78 is 4.93. The molecule has 0 bridgehead atoms. The van der Waals surface area contributed by atoms with Crippen molar-refractivity contribution < 1.29 is 9.66 Å². The van der Waals surface area contributed by atoms with Crippen molar-refractivity contribution in [2.45, 2.75) is 25.4 Å². The third-order valence-electron chi connectivity index (χ3n) is 2.80. The molecular formula is C12H16N4O3. The number of methoxy groups -OCH3 is 1. The zero-order chi connectivity index (χ0) is 13.8. The summed E-state index contributed by atoms with van der Waals surface area (Å²) in [6.07, 6.45) is 2.23. The van der Waals surface area contributed by atoms with Crippen LogP contribution in [-0.4, -0.2) is 24.0 Å². The highest BCUT2D eigenvalue weighted by atomic mass is 16.6. The lowest BCUT2D eigenvalue weighted by Gasteiger charge is -2.05. The van der Waals surface area contributed by atoms with E-state index in [0.29, 0.717) is 24.1 Å². The molecule has 1 fully saturated rings. The molecule has 0 unspecified atom stereocenters. The lowest BCUT2D eigenvalue weighted by molar-refractivity contribution is -0.385. The molecule has 0 radical (unpaired) electrons. The predicted octanol–water partition coefficient (Wildman–Crippen LogP) is 1.17. The van der Waals surface area contributed by atoms with Gasteiger partial charge in [-0.1, -0.05) is 6.07 Å². The van der Waals surface area contributed by atoms with Gasteiger partial charge < -0.3 is 15.8 Å². The van der Waals surface area contributed by atoms with Crippen molar-refractivity contribution in [3.8, 4) is 5.75 Å². The Morgan fingerprint density at radius 3 is 2.95 bits per heavy atom. The van der Waals surface area contributed by atoms with E-state index < -0.39 is 4.92 Å². The standard InChI is InChI=1S/C12H16N4O3/c1-19-11-5-2-8(6-10(11)16(17)18)7-14-12(13)15-9-3-4-9/h2,5-6,9H,3-4,7H2,1H3,(H3,13,14,15). The summed E-state index contributed by atoms with van der Waals surface area (Å²) >= 11 is 0. The number of benzene rings is 1. The van der Waals surface area contributed by atoms with Crippen LogP contribution in [0.15, 0.2) is 23.2 Å².